The van der Waals surface area contributed by atoms with Gasteiger partial charge in [0.25, 0.3) is 0 Å². The molecule has 4 nitrogen and oxygen atoms in total. The molecule has 2 rings (SSSR count). The summed E-state index contributed by atoms with van der Waals surface area (Å²) in [6.45, 7) is 1.98. The summed E-state index contributed by atoms with van der Waals surface area (Å²) in [5, 5.41) is 4.18. The van der Waals surface area contributed by atoms with Crippen LogP contribution in [0.1, 0.15) is 17.0 Å². The topological polar surface area (TPSA) is 52.0 Å². The highest BCUT2D eigenvalue weighted by Gasteiger charge is 2.25. The van der Waals surface area contributed by atoms with Crippen LogP contribution in [0.25, 0.3) is 0 Å². The summed E-state index contributed by atoms with van der Waals surface area (Å²) in [5.41, 5.74) is 2.95. The molecule has 72 valence electrons. The Morgan fingerprint density at radius 2 is 2.15 bits per heavy atom. The highest BCUT2D eigenvalue weighted by Crippen LogP contribution is 2.21. The van der Waals surface area contributed by atoms with E-state index in [1.807, 2.05) is 14.0 Å². The Hall–Kier alpha value is -0.840. The summed E-state index contributed by atoms with van der Waals surface area (Å²) in [6, 6.07) is 0. The average molecular weight is 200 g/mol. The van der Waals surface area contributed by atoms with E-state index in [-0.39, 0.29) is 11.5 Å². The molecule has 0 spiro atoms. The summed E-state index contributed by atoms with van der Waals surface area (Å²) in [6.07, 6.45) is 0.622. The summed E-state index contributed by atoms with van der Waals surface area (Å²) >= 11 is 0. The van der Waals surface area contributed by atoms with Gasteiger partial charge in [-0.1, -0.05) is 0 Å². The molecule has 5 heteroatoms. The van der Waals surface area contributed by atoms with E-state index in [1.165, 1.54) is 0 Å². The molecule has 0 fully saturated rings. The molecule has 0 N–H and O–H groups in total. The molecule has 0 unspecified atom stereocenters. The third-order valence-electron chi connectivity index (χ3n) is 2.56. The van der Waals surface area contributed by atoms with Crippen molar-refractivity contribution in [3.05, 3.63) is 17.0 Å². The van der Waals surface area contributed by atoms with Crippen molar-refractivity contribution in [3.63, 3.8) is 0 Å². The average Bonchev–Trinajstić information content (AvgIpc) is 2.25. The molecule has 2 heterocycles. The summed E-state index contributed by atoms with van der Waals surface area (Å²) in [5.74, 6) is 0.385. The summed E-state index contributed by atoms with van der Waals surface area (Å²) in [7, 11) is -1.03. The van der Waals surface area contributed by atoms with Crippen LogP contribution in [0.5, 0.6) is 0 Å². The molecule has 0 amide bonds. The lowest BCUT2D eigenvalue weighted by molar-refractivity contribution is 0.590. The lowest BCUT2D eigenvalue weighted by atomic mass is 10.1. The molecule has 13 heavy (non-hydrogen) atoms. The minimum absolute atomic E-state index is 0.115. The SMILES string of the molecule is Cc1c2c(nn1C)CS(=O)(=O)CC2. The lowest BCUT2D eigenvalue weighted by Gasteiger charge is -2.10. The Labute approximate surface area is 77.5 Å². The summed E-state index contributed by atoms with van der Waals surface area (Å²) < 4.78 is 24.3. The highest BCUT2D eigenvalue weighted by molar-refractivity contribution is 7.90. The van der Waals surface area contributed by atoms with E-state index in [1.54, 1.807) is 4.68 Å². The standard InChI is InChI=1S/C8H12N2O2S/c1-6-7-3-4-13(11,12)5-8(7)9-10(6)2/h3-5H2,1-2H3. The predicted octanol–water partition coefficient (Wildman–Crippen LogP) is 0.199. The lowest BCUT2D eigenvalue weighted by Crippen LogP contribution is -2.18. The van der Waals surface area contributed by atoms with Crippen LogP contribution in [0.3, 0.4) is 0 Å². The third-order valence-corrected chi connectivity index (χ3v) is 4.10. The zero-order valence-corrected chi connectivity index (χ0v) is 8.56. The van der Waals surface area contributed by atoms with Crippen molar-refractivity contribution < 1.29 is 8.42 Å². The number of aryl methyl sites for hydroxylation is 1. The van der Waals surface area contributed by atoms with Gasteiger partial charge in [-0.05, 0) is 18.9 Å². The van der Waals surface area contributed by atoms with Crippen LogP contribution < -0.4 is 0 Å². The Kier molecular flexibility index (Phi) is 1.73. The zero-order valence-electron chi connectivity index (χ0n) is 7.74. The number of fused-ring (bicyclic) bond motifs is 1. The van der Waals surface area contributed by atoms with Gasteiger partial charge in [0.2, 0.25) is 0 Å². The molecule has 0 saturated heterocycles. The molecule has 0 aliphatic carbocycles. The van der Waals surface area contributed by atoms with Crippen LogP contribution in [0.2, 0.25) is 0 Å². The van der Waals surface area contributed by atoms with Gasteiger partial charge in [-0.2, -0.15) is 5.10 Å². The van der Waals surface area contributed by atoms with E-state index in [2.05, 4.69) is 5.10 Å². The molecule has 1 aliphatic heterocycles. The van der Waals surface area contributed by atoms with Gasteiger partial charge in [-0.3, -0.25) is 4.68 Å². The fourth-order valence-electron chi connectivity index (χ4n) is 1.70. The number of hydrogen-bond donors (Lipinski definition) is 0. The Morgan fingerprint density at radius 3 is 2.85 bits per heavy atom. The summed E-state index contributed by atoms with van der Waals surface area (Å²) in [4.78, 5) is 0. The van der Waals surface area contributed by atoms with Gasteiger partial charge in [-0.15, -0.1) is 0 Å². The van der Waals surface area contributed by atoms with Crippen LogP contribution in [0, 0.1) is 6.92 Å². The normalized spacial score (nSPS) is 19.8. The fraction of sp³-hybridized carbons (Fsp3) is 0.625. The molecule has 0 aromatic carbocycles. The van der Waals surface area contributed by atoms with Crippen molar-refractivity contribution in [1.29, 1.82) is 0 Å². The first-order valence-corrected chi connectivity index (χ1v) is 6.03. The molecule has 1 aliphatic rings. The molecule has 0 bridgehead atoms. The monoisotopic (exact) mass is 200 g/mol. The van der Waals surface area contributed by atoms with Crippen molar-refractivity contribution in [2.45, 2.75) is 19.1 Å². The first-order chi connectivity index (χ1) is 5.99. The molecule has 1 aromatic rings. The second-order valence-electron chi connectivity index (χ2n) is 3.48. The maximum atomic E-state index is 11.3. The molecule has 0 saturated carbocycles. The number of rotatable bonds is 0. The number of aromatic nitrogens is 2. The van der Waals surface area contributed by atoms with Crippen LogP contribution in [0.4, 0.5) is 0 Å². The fourth-order valence-corrected chi connectivity index (χ4v) is 3.01. The van der Waals surface area contributed by atoms with E-state index in [0.717, 1.165) is 17.0 Å². The van der Waals surface area contributed by atoms with Gasteiger partial charge in [0.15, 0.2) is 9.84 Å². The zero-order chi connectivity index (χ0) is 9.64. The Balaban J connectivity index is 2.54. The van der Waals surface area contributed by atoms with E-state index >= 15 is 0 Å². The van der Waals surface area contributed by atoms with Crippen molar-refractivity contribution >= 4 is 9.84 Å². The van der Waals surface area contributed by atoms with E-state index in [4.69, 9.17) is 0 Å². The Morgan fingerprint density at radius 1 is 1.46 bits per heavy atom. The van der Waals surface area contributed by atoms with Gasteiger partial charge in [0.05, 0.1) is 17.2 Å². The van der Waals surface area contributed by atoms with Gasteiger partial charge in [0, 0.05) is 12.7 Å². The predicted molar refractivity (Wildman–Crippen MR) is 49.1 cm³/mol. The maximum Gasteiger partial charge on any atom is 0.156 e. The molecule has 0 atom stereocenters. The van der Waals surface area contributed by atoms with Crippen molar-refractivity contribution in [1.82, 2.24) is 9.78 Å². The largest absolute Gasteiger partial charge is 0.272 e. The van der Waals surface area contributed by atoms with E-state index in [0.29, 0.717) is 6.42 Å². The van der Waals surface area contributed by atoms with Crippen molar-refractivity contribution in [3.8, 4) is 0 Å². The minimum atomic E-state index is -2.88. The molecule has 0 radical (unpaired) electrons. The van der Waals surface area contributed by atoms with E-state index in [9.17, 15) is 8.42 Å². The minimum Gasteiger partial charge on any atom is -0.272 e. The van der Waals surface area contributed by atoms with Crippen LogP contribution in [-0.2, 0) is 29.1 Å². The molecular weight excluding hydrogens is 188 g/mol. The number of nitrogens with zero attached hydrogens (tertiary/aromatic N) is 2. The third kappa shape index (κ3) is 1.37. The highest BCUT2D eigenvalue weighted by atomic mass is 32.2. The number of sulfone groups is 1. The Bertz CT molecular complexity index is 445. The van der Waals surface area contributed by atoms with Crippen molar-refractivity contribution in [2.75, 3.05) is 5.75 Å². The van der Waals surface area contributed by atoms with Crippen LogP contribution in [-0.4, -0.2) is 24.0 Å². The second-order valence-corrected chi connectivity index (χ2v) is 5.66. The second kappa shape index (κ2) is 2.57. The smallest absolute Gasteiger partial charge is 0.156 e. The van der Waals surface area contributed by atoms with Crippen LogP contribution in [0.15, 0.2) is 0 Å². The maximum absolute atomic E-state index is 11.3. The van der Waals surface area contributed by atoms with Gasteiger partial charge in [0.1, 0.15) is 0 Å². The van der Waals surface area contributed by atoms with E-state index < -0.39 is 9.84 Å². The molecular formula is C8H12N2O2S. The van der Waals surface area contributed by atoms with Gasteiger partial charge < -0.3 is 0 Å². The first kappa shape index (κ1) is 8.74. The first-order valence-electron chi connectivity index (χ1n) is 4.21. The van der Waals surface area contributed by atoms with Gasteiger partial charge in [-0.25, -0.2) is 8.42 Å². The van der Waals surface area contributed by atoms with Crippen molar-refractivity contribution in [2.24, 2.45) is 7.05 Å². The number of hydrogen-bond acceptors (Lipinski definition) is 3. The van der Waals surface area contributed by atoms with Gasteiger partial charge >= 0.3 is 0 Å². The quantitative estimate of drug-likeness (QED) is 0.601. The molecule has 1 aromatic heterocycles. The van der Waals surface area contributed by atoms with Crippen LogP contribution >= 0.6 is 0 Å².